The van der Waals surface area contributed by atoms with Crippen LogP contribution in [0.2, 0.25) is 0 Å². The molecule has 3 aliphatic rings. The number of allylic oxidation sites excluding steroid dienone is 1. The topological polar surface area (TPSA) is 89.2 Å². The number of hydrogen-bond donors (Lipinski definition) is 3. The number of hydrogen-bond acceptors (Lipinski definition) is 4. The molecule has 0 amide bonds. The quantitative estimate of drug-likeness (QED) is 0.142. The summed E-state index contributed by atoms with van der Waals surface area (Å²) in [5, 5.41) is 25.7. The maximum absolute atomic E-state index is 15.6. The molecule has 170 valence electrons. The van der Waals surface area contributed by atoms with Crippen LogP contribution in [-0.2, 0) is 4.79 Å². The van der Waals surface area contributed by atoms with Gasteiger partial charge in [-0.2, -0.15) is 0 Å². The van der Waals surface area contributed by atoms with E-state index in [1.165, 1.54) is 6.21 Å². The Kier molecular flexibility index (Phi) is 8.55. The Morgan fingerprint density at radius 3 is 2.67 bits per heavy atom. The van der Waals surface area contributed by atoms with Crippen LogP contribution in [0.3, 0.4) is 0 Å². The summed E-state index contributed by atoms with van der Waals surface area (Å²) < 4.78 is 16.7. The third-order valence-electron chi connectivity index (χ3n) is 7.07. The van der Waals surface area contributed by atoms with Crippen LogP contribution in [0, 0.1) is 23.0 Å². The first-order valence-corrected chi connectivity index (χ1v) is 12.7. The van der Waals surface area contributed by atoms with Gasteiger partial charge < -0.3 is 20.7 Å². The van der Waals surface area contributed by atoms with Crippen LogP contribution in [0.25, 0.3) is 0 Å². The molecule has 0 aromatic heterocycles. The number of alkyl halides is 1. The molecule has 0 bridgehead atoms. The zero-order valence-electron chi connectivity index (χ0n) is 17.6. The van der Waals surface area contributed by atoms with Crippen LogP contribution in [-0.4, -0.2) is 53.3 Å². The van der Waals surface area contributed by atoms with Gasteiger partial charge in [-0.15, -0.1) is 9.24 Å². The lowest BCUT2D eigenvalue weighted by Gasteiger charge is -2.48. The summed E-state index contributed by atoms with van der Waals surface area (Å²) in [4.78, 5) is 15.9. The molecule has 0 radical (unpaired) electrons. The van der Waals surface area contributed by atoms with E-state index in [1.807, 2.05) is 13.0 Å². The molecule has 0 aliphatic heterocycles. The summed E-state index contributed by atoms with van der Waals surface area (Å²) >= 11 is 2.28. The van der Waals surface area contributed by atoms with Crippen molar-refractivity contribution in [3.63, 3.8) is 0 Å². The number of nitrogens with zero attached hydrogens (tertiary/aromatic N) is 1. The van der Waals surface area contributed by atoms with E-state index in [0.29, 0.717) is 12.5 Å². The van der Waals surface area contributed by atoms with Crippen molar-refractivity contribution in [2.75, 3.05) is 0 Å². The zero-order chi connectivity index (χ0) is 22.0. The number of hydroxylamine groups is 2. The van der Waals surface area contributed by atoms with Crippen LogP contribution in [0.15, 0.2) is 14.8 Å². The van der Waals surface area contributed by atoms with Gasteiger partial charge in [0.25, 0.3) is 0 Å². The number of quaternary nitrogens is 1. The molecule has 0 spiro atoms. The molecule has 3 rings (SSSR count). The third kappa shape index (κ3) is 5.73. The average molecular weight is 553 g/mol. The molecular formula is C21H34FIN3O3P. The highest BCUT2D eigenvalue weighted by atomic mass is 127. The summed E-state index contributed by atoms with van der Waals surface area (Å²) in [6.07, 6.45) is 7.60. The van der Waals surface area contributed by atoms with Gasteiger partial charge >= 0.3 is 5.97 Å². The Hall–Kier alpha value is -0.310. The smallest absolute Gasteiger partial charge is 0.368 e. The summed E-state index contributed by atoms with van der Waals surface area (Å²) in [7, 11) is 2.77. The normalized spacial score (nSPS) is 39.8. The van der Waals surface area contributed by atoms with Gasteiger partial charge in [0.05, 0.1) is 16.0 Å². The number of aliphatic imine (C=N–C) groups is 1. The summed E-state index contributed by atoms with van der Waals surface area (Å²) in [6, 6.07) is -1.32. The van der Waals surface area contributed by atoms with E-state index in [-0.39, 0.29) is 28.6 Å². The Balaban J connectivity index is 1.66. The van der Waals surface area contributed by atoms with Gasteiger partial charge in [-0.05, 0) is 79.1 Å². The second-order valence-corrected chi connectivity index (χ2v) is 11.2. The number of carbonyl (C=O) groups is 1. The molecule has 0 aromatic carbocycles. The first-order chi connectivity index (χ1) is 14.2. The van der Waals surface area contributed by atoms with Crippen molar-refractivity contribution in [2.24, 2.45) is 22.7 Å². The Morgan fingerprint density at radius 1 is 1.37 bits per heavy atom. The van der Waals surface area contributed by atoms with E-state index in [4.69, 9.17) is 0 Å². The van der Waals surface area contributed by atoms with Crippen LogP contribution in [0.5, 0.6) is 0 Å². The van der Waals surface area contributed by atoms with Gasteiger partial charge in [0, 0.05) is 24.4 Å². The standard InChI is InChI=1S/C21H34FIN3O3P/c1-3-18(23)25-14-5-4-12(8-14)19-17(30)9-15(11(2)20(19)22)26(29)16(21(27)28)10-24-13-6-7-13/h3,10-17,19-20,25-26H,4-9,30H2,1-2H3,(H,27,28)/b18-3+,24-10?. The summed E-state index contributed by atoms with van der Waals surface area (Å²) in [6.45, 7) is 3.78. The van der Waals surface area contributed by atoms with Crippen molar-refractivity contribution in [1.82, 2.24) is 5.32 Å². The van der Waals surface area contributed by atoms with E-state index >= 15 is 4.39 Å². The number of rotatable bonds is 8. The molecule has 0 aromatic rings. The maximum atomic E-state index is 15.6. The lowest BCUT2D eigenvalue weighted by Crippen LogP contribution is -3.17. The first kappa shape index (κ1) is 24.3. The van der Waals surface area contributed by atoms with E-state index in [2.05, 4.69) is 42.1 Å². The van der Waals surface area contributed by atoms with Gasteiger partial charge in [-0.25, -0.2) is 9.18 Å². The van der Waals surface area contributed by atoms with E-state index in [0.717, 1.165) is 35.8 Å². The Morgan fingerprint density at radius 2 is 2.07 bits per heavy atom. The fourth-order valence-electron chi connectivity index (χ4n) is 5.15. The van der Waals surface area contributed by atoms with Gasteiger partial charge in [0.15, 0.2) is 0 Å². The fraction of sp³-hybridized carbons (Fsp3) is 0.810. The Bertz CT molecular complexity index is 678. The minimum atomic E-state index is -1.26. The summed E-state index contributed by atoms with van der Waals surface area (Å²) in [5.74, 6) is -1.48. The molecular weight excluding hydrogens is 519 g/mol. The van der Waals surface area contributed by atoms with Crippen LogP contribution >= 0.6 is 31.8 Å². The largest absolute Gasteiger partial charge is 0.633 e. The predicted molar refractivity (Wildman–Crippen MR) is 129 cm³/mol. The molecule has 9 heteroatoms. The molecule has 10 atom stereocenters. The molecule has 6 nitrogen and oxygen atoms in total. The van der Waals surface area contributed by atoms with Crippen molar-refractivity contribution in [2.45, 2.75) is 88.4 Å². The molecule has 0 heterocycles. The lowest BCUT2D eigenvalue weighted by atomic mass is 9.70. The number of aliphatic carboxylic acids is 1. The van der Waals surface area contributed by atoms with Gasteiger partial charge in [-0.1, -0.05) is 13.0 Å². The minimum absolute atomic E-state index is 0.0236. The SMILES string of the molecule is C/C=C(\I)NC1CCC(C2C(P)CC([NH+]([O-])C(C=NC3CC3)C(=O)O)C(C)C2F)C1. The molecule has 3 aliphatic carbocycles. The van der Waals surface area contributed by atoms with Crippen molar-refractivity contribution < 1.29 is 19.4 Å². The average Bonchev–Trinajstić information content (AvgIpc) is 3.42. The minimum Gasteiger partial charge on any atom is -0.633 e. The van der Waals surface area contributed by atoms with Gasteiger partial charge in [0.1, 0.15) is 6.17 Å². The maximum Gasteiger partial charge on any atom is 0.368 e. The molecule has 0 saturated heterocycles. The second-order valence-electron chi connectivity index (χ2n) is 9.19. The molecule has 3 N–H and O–H groups in total. The van der Waals surface area contributed by atoms with Gasteiger partial charge in [-0.3, -0.25) is 4.99 Å². The van der Waals surface area contributed by atoms with Crippen LogP contribution in [0.1, 0.15) is 52.4 Å². The predicted octanol–water partition coefficient (Wildman–Crippen LogP) is 2.72. The van der Waals surface area contributed by atoms with E-state index < -0.39 is 30.1 Å². The highest BCUT2D eigenvalue weighted by molar-refractivity contribution is 14.1. The number of carboxylic acid groups (broad SMARTS) is 1. The molecule has 10 unspecified atom stereocenters. The first-order valence-electron chi connectivity index (χ1n) is 11.0. The van der Waals surface area contributed by atoms with Crippen LogP contribution < -0.4 is 10.4 Å². The molecule has 3 fully saturated rings. The highest BCUT2D eigenvalue weighted by Gasteiger charge is 2.50. The van der Waals surface area contributed by atoms with E-state index in [1.54, 1.807) is 6.92 Å². The zero-order valence-corrected chi connectivity index (χ0v) is 20.9. The molecule has 30 heavy (non-hydrogen) atoms. The number of carboxylic acids is 1. The van der Waals surface area contributed by atoms with Crippen molar-refractivity contribution in [3.8, 4) is 0 Å². The van der Waals surface area contributed by atoms with Crippen molar-refractivity contribution >= 4 is 44.0 Å². The fourth-order valence-corrected chi connectivity index (χ4v) is 6.42. The number of nitrogens with one attached hydrogen (secondary N) is 2. The van der Waals surface area contributed by atoms with Crippen molar-refractivity contribution in [1.29, 1.82) is 0 Å². The Labute approximate surface area is 194 Å². The second kappa shape index (κ2) is 10.5. The molecule has 3 saturated carbocycles. The monoisotopic (exact) mass is 553 g/mol. The third-order valence-corrected chi connectivity index (χ3v) is 8.72. The van der Waals surface area contributed by atoms with Gasteiger partial charge in [0.2, 0.25) is 6.04 Å². The van der Waals surface area contributed by atoms with Crippen molar-refractivity contribution in [3.05, 3.63) is 15.0 Å². The summed E-state index contributed by atoms with van der Waals surface area (Å²) in [5.41, 5.74) is -0.0236. The van der Waals surface area contributed by atoms with Crippen LogP contribution in [0.4, 0.5) is 4.39 Å². The lowest BCUT2D eigenvalue weighted by molar-refractivity contribution is -0.887. The number of halogens is 2. The van der Waals surface area contributed by atoms with E-state index in [9.17, 15) is 15.1 Å². The highest BCUT2D eigenvalue weighted by Crippen LogP contribution is 2.45.